The van der Waals surface area contributed by atoms with Crippen LogP contribution >= 0.6 is 0 Å². The molecule has 2 unspecified atom stereocenters. The SMILES string of the molecule is CCCC(C)(CO)C1(O)CN2CCC1CC2. The van der Waals surface area contributed by atoms with Crippen molar-refractivity contribution in [1.82, 2.24) is 4.90 Å². The minimum absolute atomic E-state index is 0.0989. The van der Waals surface area contributed by atoms with Crippen LogP contribution in [0.4, 0.5) is 0 Å². The number of hydrogen-bond acceptors (Lipinski definition) is 3. The van der Waals surface area contributed by atoms with Crippen molar-refractivity contribution in [3.05, 3.63) is 0 Å². The highest BCUT2D eigenvalue weighted by atomic mass is 16.3. The molecule has 3 saturated heterocycles. The fourth-order valence-electron chi connectivity index (χ4n) is 3.71. The number of piperidine rings is 3. The zero-order valence-corrected chi connectivity index (χ0v) is 10.6. The lowest BCUT2D eigenvalue weighted by molar-refractivity contribution is -0.195. The highest BCUT2D eigenvalue weighted by molar-refractivity contribution is 5.07. The lowest BCUT2D eigenvalue weighted by atomic mass is 9.60. The first-order valence-corrected chi connectivity index (χ1v) is 6.61. The van der Waals surface area contributed by atoms with Gasteiger partial charge in [0, 0.05) is 12.0 Å². The van der Waals surface area contributed by atoms with Crippen molar-refractivity contribution >= 4 is 0 Å². The van der Waals surface area contributed by atoms with Crippen LogP contribution < -0.4 is 0 Å². The molecular formula is C13H25NO2. The summed E-state index contributed by atoms with van der Waals surface area (Å²) in [7, 11) is 0. The summed E-state index contributed by atoms with van der Waals surface area (Å²) in [5.74, 6) is 0.390. The smallest absolute Gasteiger partial charge is 0.0878 e. The van der Waals surface area contributed by atoms with Crippen LogP contribution in [-0.2, 0) is 0 Å². The monoisotopic (exact) mass is 227 g/mol. The zero-order chi connectivity index (χ0) is 11.8. The molecule has 3 heterocycles. The van der Waals surface area contributed by atoms with E-state index in [1.165, 1.54) is 0 Å². The summed E-state index contributed by atoms with van der Waals surface area (Å²) in [5.41, 5.74) is -1.00. The van der Waals surface area contributed by atoms with Gasteiger partial charge < -0.3 is 15.1 Å². The third kappa shape index (κ3) is 1.69. The molecule has 94 valence electrons. The molecule has 3 aliphatic rings. The van der Waals surface area contributed by atoms with Crippen molar-refractivity contribution in [2.75, 3.05) is 26.2 Å². The minimum Gasteiger partial charge on any atom is -0.396 e. The first-order valence-electron chi connectivity index (χ1n) is 6.61. The molecule has 2 atom stereocenters. The van der Waals surface area contributed by atoms with Crippen molar-refractivity contribution in [2.24, 2.45) is 11.3 Å². The van der Waals surface area contributed by atoms with E-state index in [4.69, 9.17) is 0 Å². The van der Waals surface area contributed by atoms with Crippen LogP contribution in [-0.4, -0.2) is 47.0 Å². The molecule has 3 fully saturated rings. The fraction of sp³-hybridized carbons (Fsp3) is 1.00. The van der Waals surface area contributed by atoms with E-state index in [9.17, 15) is 10.2 Å². The van der Waals surface area contributed by atoms with E-state index in [1.807, 2.05) is 0 Å². The molecule has 2 bridgehead atoms. The molecule has 3 nitrogen and oxygen atoms in total. The number of aliphatic hydroxyl groups is 2. The Labute approximate surface area is 98.5 Å². The fourth-order valence-corrected chi connectivity index (χ4v) is 3.71. The van der Waals surface area contributed by atoms with Gasteiger partial charge in [-0.3, -0.25) is 0 Å². The standard InChI is InChI=1S/C13H25NO2/c1-3-6-12(2,10-15)13(16)9-14-7-4-11(13)5-8-14/h11,15-16H,3-10H2,1-2H3. The second kappa shape index (κ2) is 4.28. The molecule has 0 aromatic heterocycles. The molecule has 0 spiro atoms. The topological polar surface area (TPSA) is 43.7 Å². The zero-order valence-electron chi connectivity index (χ0n) is 10.6. The van der Waals surface area contributed by atoms with Crippen LogP contribution in [0.2, 0.25) is 0 Å². The lowest BCUT2D eigenvalue weighted by Crippen LogP contribution is -2.66. The third-order valence-electron chi connectivity index (χ3n) is 4.92. The summed E-state index contributed by atoms with van der Waals surface area (Å²) >= 11 is 0. The van der Waals surface area contributed by atoms with Gasteiger partial charge in [-0.2, -0.15) is 0 Å². The summed E-state index contributed by atoms with van der Waals surface area (Å²) in [4.78, 5) is 2.35. The van der Waals surface area contributed by atoms with E-state index in [0.717, 1.165) is 45.3 Å². The Bertz CT molecular complexity index is 250. The summed E-state index contributed by atoms with van der Waals surface area (Å²) in [5, 5.41) is 20.7. The molecule has 16 heavy (non-hydrogen) atoms. The highest BCUT2D eigenvalue weighted by Crippen LogP contribution is 2.48. The van der Waals surface area contributed by atoms with E-state index in [0.29, 0.717) is 5.92 Å². The van der Waals surface area contributed by atoms with Crippen molar-refractivity contribution in [1.29, 1.82) is 0 Å². The van der Waals surface area contributed by atoms with Gasteiger partial charge in [0.1, 0.15) is 0 Å². The number of fused-ring (bicyclic) bond motifs is 3. The predicted molar refractivity (Wildman–Crippen MR) is 64.2 cm³/mol. The van der Waals surface area contributed by atoms with Crippen molar-refractivity contribution in [3.63, 3.8) is 0 Å². The van der Waals surface area contributed by atoms with E-state index in [-0.39, 0.29) is 12.0 Å². The van der Waals surface area contributed by atoms with Crippen molar-refractivity contribution < 1.29 is 10.2 Å². The summed E-state index contributed by atoms with van der Waals surface area (Å²) in [6, 6.07) is 0. The highest BCUT2D eigenvalue weighted by Gasteiger charge is 2.55. The Morgan fingerprint density at radius 2 is 2.00 bits per heavy atom. The molecule has 2 N–H and O–H groups in total. The van der Waals surface area contributed by atoms with Crippen molar-refractivity contribution in [2.45, 2.75) is 45.1 Å². The number of hydrogen-bond donors (Lipinski definition) is 2. The average molecular weight is 227 g/mol. The number of aliphatic hydroxyl groups excluding tert-OH is 1. The van der Waals surface area contributed by atoms with Gasteiger partial charge in [-0.05, 0) is 38.3 Å². The maximum Gasteiger partial charge on any atom is 0.0878 e. The lowest BCUT2D eigenvalue weighted by Gasteiger charge is -2.57. The minimum atomic E-state index is -0.672. The summed E-state index contributed by atoms with van der Waals surface area (Å²) in [6.07, 6.45) is 4.11. The second-order valence-electron chi connectivity index (χ2n) is 5.94. The molecule has 0 amide bonds. The molecule has 0 aromatic carbocycles. The second-order valence-corrected chi connectivity index (χ2v) is 5.94. The molecule has 0 aliphatic carbocycles. The van der Waals surface area contributed by atoms with Gasteiger partial charge in [-0.25, -0.2) is 0 Å². The van der Waals surface area contributed by atoms with Gasteiger partial charge >= 0.3 is 0 Å². The Hall–Kier alpha value is -0.120. The van der Waals surface area contributed by atoms with Gasteiger partial charge in [-0.1, -0.05) is 20.3 Å². The Morgan fingerprint density at radius 3 is 2.38 bits per heavy atom. The maximum absolute atomic E-state index is 11.0. The molecule has 3 heteroatoms. The van der Waals surface area contributed by atoms with Gasteiger partial charge in [-0.15, -0.1) is 0 Å². The van der Waals surface area contributed by atoms with Crippen LogP contribution in [0.25, 0.3) is 0 Å². The van der Waals surface area contributed by atoms with Crippen LogP contribution in [0.15, 0.2) is 0 Å². The van der Waals surface area contributed by atoms with Crippen LogP contribution in [0.1, 0.15) is 39.5 Å². The number of nitrogens with zero attached hydrogens (tertiary/aromatic N) is 1. The Balaban J connectivity index is 2.22. The molecule has 3 rings (SSSR count). The van der Waals surface area contributed by atoms with Gasteiger partial charge in [0.15, 0.2) is 0 Å². The first kappa shape index (κ1) is 12.3. The molecule has 0 aromatic rings. The summed E-state index contributed by atoms with van der Waals surface area (Å²) < 4.78 is 0. The molecule has 3 aliphatic heterocycles. The third-order valence-corrected chi connectivity index (χ3v) is 4.92. The van der Waals surface area contributed by atoms with E-state index in [2.05, 4.69) is 18.7 Å². The Morgan fingerprint density at radius 1 is 1.38 bits per heavy atom. The average Bonchev–Trinajstić information content (AvgIpc) is 2.30. The van der Waals surface area contributed by atoms with E-state index in [1.54, 1.807) is 0 Å². The van der Waals surface area contributed by atoms with Gasteiger partial charge in [0.05, 0.1) is 12.2 Å². The Kier molecular flexibility index (Phi) is 3.30. The summed E-state index contributed by atoms with van der Waals surface area (Å²) in [6.45, 7) is 7.29. The van der Waals surface area contributed by atoms with Gasteiger partial charge in [0.2, 0.25) is 0 Å². The number of rotatable bonds is 4. The first-order chi connectivity index (χ1) is 7.55. The van der Waals surface area contributed by atoms with E-state index < -0.39 is 5.60 Å². The molecule has 0 saturated carbocycles. The predicted octanol–water partition coefficient (Wildman–Crippen LogP) is 1.24. The maximum atomic E-state index is 11.0. The van der Waals surface area contributed by atoms with Crippen LogP contribution in [0.5, 0.6) is 0 Å². The van der Waals surface area contributed by atoms with Crippen LogP contribution in [0, 0.1) is 11.3 Å². The quantitative estimate of drug-likeness (QED) is 0.759. The molecular weight excluding hydrogens is 202 g/mol. The van der Waals surface area contributed by atoms with Gasteiger partial charge in [0.25, 0.3) is 0 Å². The van der Waals surface area contributed by atoms with E-state index >= 15 is 0 Å². The molecule has 0 radical (unpaired) electrons. The van der Waals surface area contributed by atoms with Crippen molar-refractivity contribution in [3.8, 4) is 0 Å². The normalized spacial score (nSPS) is 42.0. The van der Waals surface area contributed by atoms with Crippen LogP contribution in [0.3, 0.4) is 0 Å². The largest absolute Gasteiger partial charge is 0.396 e.